The maximum absolute atomic E-state index is 12.0. The molecule has 0 aliphatic carbocycles. The summed E-state index contributed by atoms with van der Waals surface area (Å²) in [7, 11) is 1.81. The number of carbonyl (C=O) groups excluding carboxylic acids is 1. The summed E-state index contributed by atoms with van der Waals surface area (Å²) >= 11 is 0. The van der Waals surface area contributed by atoms with Gasteiger partial charge in [-0.05, 0) is 38.5 Å². The van der Waals surface area contributed by atoms with E-state index in [1.165, 1.54) is 12.8 Å². The molecule has 3 nitrogen and oxygen atoms in total. The van der Waals surface area contributed by atoms with Crippen molar-refractivity contribution in [1.29, 1.82) is 0 Å². The molecule has 1 heterocycles. The highest BCUT2D eigenvalue weighted by Gasteiger charge is 2.15. The fourth-order valence-corrected chi connectivity index (χ4v) is 2.37. The largest absolute Gasteiger partial charge is 0.313 e. The fraction of sp³-hybridized carbons (Fsp3) is 0.500. The summed E-state index contributed by atoms with van der Waals surface area (Å²) in [6.07, 6.45) is 2.57. The average molecular weight is 232 g/mol. The van der Waals surface area contributed by atoms with Gasteiger partial charge in [0.15, 0.2) is 5.78 Å². The van der Waals surface area contributed by atoms with E-state index in [2.05, 4.69) is 16.3 Å². The normalized spacial score (nSPS) is 16.3. The average Bonchev–Trinajstić information content (AvgIpc) is 2.83. The molecule has 1 aliphatic rings. The van der Waals surface area contributed by atoms with E-state index in [9.17, 15) is 4.79 Å². The Morgan fingerprint density at radius 3 is 2.71 bits per heavy atom. The topological polar surface area (TPSA) is 32.3 Å². The Hall–Kier alpha value is -1.19. The second-order valence-electron chi connectivity index (χ2n) is 4.59. The summed E-state index contributed by atoms with van der Waals surface area (Å²) in [4.78, 5) is 14.4. The molecule has 92 valence electrons. The Morgan fingerprint density at radius 1 is 1.29 bits per heavy atom. The molecule has 0 aromatic heterocycles. The van der Waals surface area contributed by atoms with Crippen LogP contribution in [0, 0.1) is 0 Å². The lowest BCUT2D eigenvalue weighted by atomic mass is 10.0. The van der Waals surface area contributed by atoms with Crippen LogP contribution in [-0.2, 0) is 6.54 Å². The highest BCUT2D eigenvalue weighted by Crippen LogP contribution is 2.16. The number of Topliss-reactive ketones (excluding diaryl/α,β-unsaturated/α-hetero) is 1. The lowest BCUT2D eigenvalue weighted by molar-refractivity contribution is 0.0992. The van der Waals surface area contributed by atoms with Crippen molar-refractivity contribution in [2.24, 2.45) is 0 Å². The molecule has 0 radical (unpaired) electrons. The Kier molecular flexibility index (Phi) is 4.29. The second-order valence-corrected chi connectivity index (χ2v) is 4.59. The molecule has 3 heteroatoms. The maximum atomic E-state index is 12.0. The van der Waals surface area contributed by atoms with Gasteiger partial charge in [0, 0.05) is 12.1 Å². The minimum Gasteiger partial charge on any atom is -0.313 e. The zero-order chi connectivity index (χ0) is 12.1. The van der Waals surface area contributed by atoms with Crippen LogP contribution in [0.15, 0.2) is 24.3 Å². The number of benzene rings is 1. The van der Waals surface area contributed by atoms with Crippen LogP contribution in [0.25, 0.3) is 0 Å². The summed E-state index contributed by atoms with van der Waals surface area (Å²) in [5.74, 6) is 0.183. The van der Waals surface area contributed by atoms with Gasteiger partial charge in [0.2, 0.25) is 0 Å². The molecule has 0 saturated carbocycles. The van der Waals surface area contributed by atoms with Gasteiger partial charge in [-0.15, -0.1) is 0 Å². The van der Waals surface area contributed by atoms with E-state index in [1.807, 2.05) is 18.2 Å². The third-order valence-electron chi connectivity index (χ3n) is 3.25. The minimum absolute atomic E-state index is 0.183. The lowest BCUT2D eigenvalue weighted by Crippen LogP contribution is -2.23. The summed E-state index contributed by atoms with van der Waals surface area (Å²) < 4.78 is 0. The van der Waals surface area contributed by atoms with Crippen molar-refractivity contribution in [1.82, 2.24) is 10.2 Å². The fourth-order valence-electron chi connectivity index (χ4n) is 2.37. The van der Waals surface area contributed by atoms with Gasteiger partial charge in [-0.2, -0.15) is 0 Å². The summed E-state index contributed by atoms with van der Waals surface area (Å²) in [6.45, 7) is 3.64. The molecule has 1 N–H and O–H groups in total. The van der Waals surface area contributed by atoms with Crippen LogP contribution in [0.5, 0.6) is 0 Å². The van der Waals surface area contributed by atoms with Crippen LogP contribution < -0.4 is 5.32 Å². The van der Waals surface area contributed by atoms with E-state index in [0.717, 1.165) is 30.8 Å². The van der Waals surface area contributed by atoms with E-state index in [1.54, 1.807) is 7.05 Å². The Morgan fingerprint density at radius 2 is 2.00 bits per heavy atom. The Balaban J connectivity index is 2.12. The standard InChI is InChI=1S/C14H20N2O/c1-15-10-14(17)13-7-3-2-6-12(13)11-16-8-4-5-9-16/h2-3,6-7,15H,4-5,8-11H2,1H3. The molecule has 2 rings (SSSR count). The highest BCUT2D eigenvalue weighted by atomic mass is 16.1. The molecule has 0 atom stereocenters. The SMILES string of the molecule is CNCC(=O)c1ccccc1CN1CCCC1. The van der Waals surface area contributed by atoms with Crippen molar-refractivity contribution in [2.75, 3.05) is 26.7 Å². The minimum atomic E-state index is 0.183. The van der Waals surface area contributed by atoms with Crippen molar-refractivity contribution >= 4 is 5.78 Å². The van der Waals surface area contributed by atoms with Crippen LogP contribution in [0.3, 0.4) is 0 Å². The number of likely N-dealkylation sites (N-methyl/N-ethyl adjacent to an activating group) is 1. The van der Waals surface area contributed by atoms with Gasteiger partial charge in [-0.3, -0.25) is 9.69 Å². The van der Waals surface area contributed by atoms with Gasteiger partial charge in [0.25, 0.3) is 0 Å². The molecule has 0 spiro atoms. The molecule has 17 heavy (non-hydrogen) atoms. The van der Waals surface area contributed by atoms with Crippen molar-refractivity contribution in [3.05, 3.63) is 35.4 Å². The van der Waals surface area contributed by atoms with E-state index < -0.39 is 0 Å². The van der Waals surface area contributed by atoms with Crippen molar-refractivity contribution < 1.29 is 4.79 Å². The summed E-state index contributed by atoms with van der Waals surface area (Å²) in [5, 5.41) is 2.92. The number of carbonyl (C=O) groups is 1. The number of hydrogen-bond donors (Lipinski definition) is 1. The second kappa shape index (κ2) is 5.94. The number of ketones is 1. The first-order valence-electron chi connectivity index (χ1n) is 6.29. The monoisotopic (exact) mass is 232 g/mol. The first-order chi connectivity index (χ1) is 8.31. The van der Waals surface area contributed by atoms with Crippen molar-refractivity contribution in [2.45, 2.75) is 19.4 Å². The van der Waals surface area contributed by atoms with Gasteiger partial charge < -0.3 is 5.32 Å². The molecule has 0 bridgehead atoms. The van der Waals surface area contributed by atoms with E-state index in [-0.39, 0.29) is 5.78 Å². The van der Waals surface area contributed by atoms with Gasteiger partial charge in [0.1, 0.15) is 0 Å². The molecular formula is C14H20N2O. The molecule has 1 saturated heterocycles. The van der Waals surface area contributed by atoms with Crippen LogP contribution in [0.1, 0.15) is 28.8 Å². The number of hydrogen-bond acceptors (Lipinski definition) is 3. The molecule has 0 amide bonds. The maximum Gasteiger partial charge on any atom is 0.176 e. The van der Waals surface area contributed by atoms with E-state index >= 15 is 0 Å². The Labute approximate surface area is 103 Å². The zero-order valence-corrected chi connectivity index (χ0v) is 10.4. The van der Waals surface area contributed by atoms with Gasteiger partial charge in [-0.1, -0.05) is 24.3 Å². The molecule has 0 unspecified atom stereocenters. The van der Waals surface area contributed by atoms with E-state index in [4.69, 9.17) is 0 Å². The first-order valence-corrected chi connectivity index (χ1v) is 6.29. The van der Waals surface area contributed by atoms with Crippen LogP contribution in [0.4, 0.5) is 0 Å². The van der Waals surface area contributed by atoms with Crippen LogP contribution in [-0.4, -0.2) is 37.4 Å². The predicted molar refractivity (Wildman–Crippen MR) is 69.2 cm³/mol. The zero-order valence-electron chi connectivity index (χ0n) is 10.4. The van der Waals surface area contributed by atoms with E-state index in [0.29, 0.717) is 6.54 Å². The first kappa shape index (κ1) is 12.3. The third-order valence-corrected chi connectivity index (χ3v) is 3.25. The van der Waals surface area contributed by atoms with Crippen molar-refractivity contribution in [3.63, 3.8) is 0 Å². The molecule has 1 fully saturated rings. The molecule has 1 aromatic carbocycles. The lowest BCUT2D eigenvalue weighted by Gasteiger charge is -2.16. The quantitative estimate of drug-likeness (QED) is 0.784. The Bertz CT molecular complexity index is 384. The third kappa shape index (κ3) is 3.14. The number of likely N-dealkylation sites (tertiary alicyclic amines) is 1. The smallest absolute Gasteiger partial charge is 0.176 e. The molecule has 1 aliphatic heterocycles. The highest BCUT2D eigenvalue weighted by molar-refractivity contribution is 5.98. The molecule has 1 aromatic rings. The number of nitrogens with one attached hydrogen (secondary N) is 1. The van der Waals surface area contributed by atoms with Gasteiger partial charge >= 0.3 is 0 Å². The van der Waals surface area contributed by atoms with Crippen LogP contribution >= 0.6 is 0 Å². The molecular weight excluding hydrogens is 212 g/mol. The van der Waals surface area contributed by atoms with Gasteiger partial charge in [-0.25, -0.2) is 0 Å². The summed E-state index contributed by atoms with van der Waals surface area (Å²) in [6, 6.07) is 7.96. The van der Waals surface area contributed by atoms with Gasteiger partial charge in [0.05, 0.1) is 6.54 Å². The number of nitrogens with zero attached hydrogens (tertiary/aromatic N) is 1. The predicted octanol–water partition coefficient (Wildman–Crippen LogP) is 1.68. The number of rotatable bonds is 5. The van der Waals surface area contributed by atoms with Crippen molar-refractivity contribution in [3.8, 4) is 0 Å². The van der Waals surface area contributed by atoms with Crippen LogP contribution in [0.2, 0.25) is 0 Å². The summed E-state index contributed by atoms with van der Waals surface area (Å²) in [5.41, 5.74) is 2.03.